The van der Waals surface area contributed by atoms with E-state index in [1.807, 2.05) is 91.5 Å². The minimum absolute atomic E-state index is 0.147. The fourth-order valence-corrected chi connectivity index (χ4v) is 7.60. The lowest BCUT2D eigenvalue weighted by atomic mass is 10.1. The molecule has 0 fully saturated rings. The van der Waals surface area contributed by atoms with Gasteiger partial charge in [-0.25, -0.2) is 0 Å². The van der Waals surface area contributed by atoms with Crippen LogP contribution in [-0.2, 0) is 11.0 Å². The van der Waals surface area contributed by atoms with Crippen molar-refractivity contribution in [3.8, 4) is 11.5 Å². The summed E-state index contributed by atoms with van der Waals surface area (Å²) in [5.74, 6) is -0.293. The van der Waals surface area contributed by atoms with Crippen molar-refractivity contribution in [2.75, 3.05) is 4.90 Å². The van der Waals surface area contributed by atoms with Crippen molar-refractivity contribution in [3.63, 3.8) is 0 Å². The second-order valence-electron chi connectivity index (χ2n) is 10.3. The molecule has 0 saturated carbocycles. The van der Waals surface area contributed by atoms with Crippen LogP contribution in [0.3, 0.4) is 0 Å². The van der Waals surface area contributed by atoms with Gasteiger partial charge in [-0.2, -0.15) is 26.3 Å². The molecule has 0 aliphatic heterocycles. The maximum Gasteiger partial charge on any atom is 0.344 e. The van der Waals surface area contributed by atoms with Crippen LogP contribution in [0.1, 0.15) is 5.56 Å². The second kappa shape index (κ2) is 14.9. The van der Waals surface area contributed by atoms with Gasteiger partial charge in [-0.3, -0.25) is 0 Å². The highest BCUT2D eigenvalue weighted by Crippen LogP contribution is 2.34. The molecule has 0 aromatic heterocycles. The van der Waals surface area contributed by atoms with Crippen molar-refractivity contribution < 1.29 is 40.2 Å². The Labute approximate surface area is 268 Å². The third-order valence-electron chi connectivity index (χ3n) is 7.27. The lowest BCUT2D eigenvalue weighted by Gasteiger charge is -2.29. The summed E-state index contributed by atoms with van der Waals surface area (Å²) >= 11 is 0. The van der Waals surface area contributed by atoms with E-state index in [-0.39, 0.29) is 18.1 Å². The molecule has 5 aromatic carbocycles. The summed E-state index contributed by atoms with van der Waals surface area (Å²) in [4.78, 5) is 2.12. The van der Waals surface area contributed by atoms with Gasteiger partial charge in [0.25, 0.3) is 8.32 Å². The third-order valence-corrected chi connectivity index (χ3v) is 10.9. The summed E-state index contributed by atoms with van der Waals surface area (Å²) in [6, 6.07) is 35.4. The number of benzene rings is 5. The average molecular weight is 664 g/mol. The number of halogens is 6. The number of hydrogen-bond acceptors (Lipinski definition) is 4. The molecule has 0 saturated heterocycles. The SMILES string of the molecule is C[Si](OCc1ccc(N(c2ccccc2)c2ccccc2)cc1)(c1ccc(OC(F)=C(F)F)cc1)c1ccc(OC(F)=C(F)F)cc1. The largest absolute Gasteiger partial charge is 0.428 e. The van der Waals surface area contributed by atoms with Gasteiger partial charge in [0.05, 0.1) is 6.61 Å². The Kier molecular flexibility index (Phi) is 10.5. The first-order valence-electron chi connectivity index (χ1n) is 14.3. The smallest absolute Gasteiger partial charge is 0.344 e. The van der Waals surface area contributed by atoms with E-state index in [0.29, 0.717) is 10.4 Å². The molecule has 11 heteroatoms. The van der Waals surface area contributed by atoms with E-state index < -0.39 is 32.5 Å². The summed E-state index contributed by atoms with van der Waals surface area (Å²) in [5.41, 5.74) is 3.74. The van der Waals surface area contributed by atoms with Gasteiger partial charge in [-0.1, -0.05) is 72.8 Å². The van der Waals surface area contributed by atoms with Gasteiger partial charge < -0.3 is 18.8 Å². The maximum atomic E-state index is 13.4. The van der Waals surface area contributed by atoms with E-state index in [2.05, 4.69) is 14.4 Å². The molecule has 240 valence electrons. The molecule has 0 aliphatic rings. The van der Waals surface area contributed by atoms with Crippen LogP contribution in [0.2, 0.25) is 6.55 Å². The van der Waals surface area contributed by atoms with Crippen LogP contribution < -0.4 is 24.7 Å². The minimum atomic E-state index is -3.12. The van der Waals surface area contributed by atoms with Gasteiger partial charge >= 0.3 is 24.2 Å². The van der Waals surface area contributed by atoms with E-state index in [0.717, 1.165) is 22.6 Å². The summed E-state index contributed by atoms with van der Waals surface area (Å²) in [6.45, 7) is 2.05. The number of anilines is 3. The fourth-order valence-electron chi connectivity index (χ4n) is 4.87. The Balaban J connectivity index is 1.43. The Morgan fingerprint density at radius 1 is 0.511 bits per heavy atom. The van der Waals surface area contributed by atoms with Crippen molar-refractivity contribution in [3.05, 3.63) is 163 Å². The zero-order chi connectivity index (χ0) is 33.4. The Hall–Kier alpha value is -5.26. The van der Waals surface area contributed by atoms with Crippen LogP contribution in [0.25, 0.3) is 0 Å². The van der Waals surface area contributed by atoms with Gasteiger partial charge in [0.2, 0.25) is 0 Å². The lowest BCUT2D eigenvalue weighted by molar-refractivity contribution is 0.241. The van der Waals surface area contributed by atoms with E-state index in [1.54, 1.807) is 24.3 Å². The van der Waals surface area contributed by atoms with E-state index in [4.69, 9.17) is 4.43 Å². The first-order chi connectivity index (χ1) is 22.6. The lowest BCUT2D eigenvalue weighted by Crippen LogP contribution is -2.58. The molecule has 0 N–H and O–H groups in total. The van der Waals surface area contributed by atoms with E-state index in [9.17, 15) is 26.3 Å². The van der Waals surface area contributed by atoms with Crippen LogP contribution >= 0.6 is 0 Å². The zero-order valence-electron chi connectivity index (χ0n) is 24.8. The van der Waals surface area contributed by atoms with Gasteiger partial charge in [0, 0.05) is 17.1 Å². The summed E-state index contributed by atoms with van der Waals surface area (Å²) in [7, 11) is -3.12. The molecule has 4 nitrogen and oxygen atoms in total. The second-order valence-corrected chi connectivity index (χ2v) is 13.8. The fraction of sp³-hybridized carbons (Fsp3) is 0.0556. The number of ether oxygens (including phenoxy) is 2. The first kappa shape index (κ1) is 33.1. The molecule has 0 radical (unpaired) electrons. The van der Waals surface area contributed by atoms with Crippen LogP contribution in [0.15, 0.2) is 158 Å². The highest BCUT2D eigenvalue weighted by atomic mass is 28.4. The Morgan fingerprint density at radius 2 is 0.894 bits per heavy atom. The number of para-hydroxylation sites is 2. The van der Waals surface area contributed by atoms with Crippen LogP contribution in [0.5, 0.6) is 11.5 Å². The zero-order valence-corrected chi connectivity index (χ0v) is 25.8. The molecule has 0 unspecified atom stereocenters. The van der Waals surface area contributed by atoms with Crippen molar-refractivity contribution >= 4 is 35.8 Å². The molecular formula is C36H27F6NO3Si. The highest BCUT2D eigenvalue weighted by Gasteiger charge is 2.34. The monoisotopic (exact) mass is 663 g/mol. The number of nitrogens with zero attached hydrogens (tertiary/aromatic N) is 1. The molecule has 47 heavy (non-hydrogen) atoms. The highest BCUT2D eigenvalue weighted by molar-refractivity contribution is 6.96. The third kappa shape index (κ3) is 8.13. The van der Waals surface area contributed by atoms with Gasteiger partial charge in [0.15, 0.2) is 0 Å². The predicted molar refractivity (Wildman–Crippen MR) is 172 cm³/mol. The van der Waals surface area contributed by atoms with Crippen molar-refractivity contribution in [2.45, 2.75) is 13.2 Å². The Morgan fingerprint density at radius 3 is 1.28 bits per heavy atom. The number of rotatable bonds is 12. The van der Waals surface area contributed by atoms with Gasteiger partial charge in [-0.15, -0.1) is 0 Å². The van der Waals surface area contributed by atoms with Crippen molar-refractivity contribution in [1.82, 2.24) is 0 Å². The predicted octanol–water partition coefficient (Wildman–Crippen LogP) is 9.89. The molecule has 0 aliphatic carbocycles. The van der Waals surface area contributed by atoms with Crippen molar-refractivity contribution in [2.24, 2.45) is 0 Å². The minimum Gasteiger partial charge on any atom is -0.428 e. The molecule has 0 heterocycles. The molecule has 5 rings (SSSR count). The van der Waals surface area contributed by atoms with E-state index >= 15 is 0 Å². The van der Waals surface area contributed by atoms with Crippen LogP contribution in [-0.4, -0.2) is 8.32 Å². The van der Waals surface area contributed by atoms with E-state index in [1.165, 1.54) is 24.3 Å². The average Bonchev–Trinajstić information content (AvgIpc) is 3.09. The summed E-state index contributed by atoms with van der Waals surface area (Å²) < 4.78 is 92.7. The van der Waals surface area contributed by atoms with Gasteiger partial charge in [0.1, 0.15) is 11.5 Å². The quantitative estimate of drug-likeness (QED) is 0.0756. The topological polar surface area (TPSA) is 30.9 Å². The maximum absolute atomic E-state index is 13.4. The van der Waals surface area contributed by atoms with Crippen LogP contribution in [0.4, 0.5) is 43.4 Å². The van der Waals surface area contributed by atoms with Crippen molar-refractivity contribution in [1.29, 1.82) is 0 Å². The molecule has 5 aromatic rings. The van der Waals surface area contributed by atoms with Crippen LogP contribution in [0, 0.1) is 0 Å². The summed E-state index contributed by atoms with van der Waals surface area (Å²) in [5, 5.41) is 1.33. The molecule has 0 bridgehead atoms. The van der Waals surface area contributed by atoms with Gasteiger partial charge in [-0.05, 0) is 83.1 Å². The number of hydrogen-bond donors (Lipinski definition) is 0. The molecule has 0 amide bonds. The molecule has 0 spiro atoms. The molecule has 0 atom stereocenters. The normalized spacial score (nSPS) is 11.0. The Bertz CT molecular complexity index is 1720. The standard InChI is InChI=1S/C36H27F6NO3Si/c1-47(31-20-16-29(17-21-31)45-35(41)33(37)38,32-22-18-30(19-23-32)46-36(42)34(39)40)44-24-25-12-14-28(15-13-25)43(26-8-4-2-5-9-26)27-10-6-3-7-11-27/h2-23H,24H2,1H3. The molecular weight excluding hydrogens is 636 g/mol. The summed E-state index contributed by atoms with van der Waals surface area (Å²) in [6.07, 6.45) is -5.17. The first-order valence-corrected chi connectivity index (χ1v) is 16.7.